The highest BCUT2D eigenvalue weighted by Crippen LogP contribution is 2.30. The van der Waals surface area contributed by atoms with Crippen LogP contribution in [0.5, 0.6) is 0 Å². The minimum atomic E-state index is -0.150. The second kappa shape index (κ2) is 4.03. The fraction of sp³-hybridized carbons (Fsp3) is 0.417. The molecule has 1 heterocycles. The van der Waals surface area contributed by atoms with Crippen LogP contribution in [0.1, 0.15) is 24.1 Å². The Morgan fingerprint density at radius 1 is 1.40 bits per heavy atom. The van der Waals surface area contributed by atoms with Gasteiger partial charge < -0.3 is 4.74 Å². The van der Waals surface area contributed by atoms with Crippen molar-refractivity contribution >= 4 is 5.97 Å². The first-order chi connectivity index (χ1) is 7.22. The quantitative estimate of drug-likeness (QED) is 0.602. The van der Waals surface area contributed by atoms with Gasteiger partial charge in [-0.05, 0) is 19.4 Å². The number of ether oxygens (including phenoxy) is 1. The number of hydrogen-bond acceptors (Lipinski definition) is 3. The zero-order chi connectivity index (χ0) is 10.8. The van der Waals surface area contributed by atoms with Crippen molar-refractivity contribution in [2.24, 2.45) is 0 Å². The molecule has 0 spiro atoms. The summed E-state index contributed by atoms with van der Waals surface area (Å²) in [6.45, 7) is 4.31. The lowest BCUT2D eigenvalue weighted by Crippen LogP contribution is -2.13. The molecular formula is C12H15NO2. The SMILES string of the molecule is CCOC(=O)[C@@H]1N[C@@H]1c1ccc(C)cc1. The number of nitrogens with one attached hydrogen (secondary N) is 1. The Labute approximate surface area is 89.4 Å². The predicted molar refractivity (Wildman–Crippen MR) is 57.5 cm³/mol. The molecule has 0 aliphatic carbocycles. The molecule has 80 valence electrons. The topological polar surface area (TPSA) is 48.2 Å². The number of carbonyl (C=O) groups is 1. The van der Waals surface area contributed by atoms with E-state index in [9.17, 15) is 4.79 Å². The van der Waals surface area contributed by atoms with Crippen LogP contribution in [0.25, 0.3) is 0 Å². The number of carbonyl (C=O) groups excluding carboxylic acids is 1. The summed E-state index contributed by atoms with van der Waals surface area (Å²) in [5.74, 6) is -0.150. The molecule has 1 saturated heterocycles. The van der Waals surface area contributed by atoms with Crippen molar-refractivity contribution < 1.29 is 9.53 Å². The summed E-state index contributed by atoms with van der Waals surface area (Å²) in [5.41, 5.74) is 2.38. The van der Waals surface area contributed by atoms with Gasteiger partial charge in [-0.2, -0.15) is 0 Å². The van der Waals surface area contributed by atoms with Crippen LogP contribution in [0, 0.1) is 6.92 Å². The molecule has 3 nitrogen and oxygen atoms in total. The Hall–Kier alpha value is -1.35. The second-order valence-electron chi connectivity index (χ2n) is 3.78. The van der Waals surface area contributed by atoms with E-state index in [1.807, 2.05) is 26.0 Å². The molecule has 0 unspecified atom stereocenters. The lowest BCUT2D eigenvalue weighted by Gasteiger charge is -1.99. The highest BCUT2D eigenvalue weighted by atomic mass is 16.5. The summed E-state index contributed by atoms with van der Waals surface area (Å²) in [7, 11) is 0. The van der Waals surface area contributed by atoms with Crippen LogP contribution in [0.15, 0.2) is 24.3 Å². The zero-order valence-electron chi connectivity index (χ0n) is 8.99. The summed E-state index contributed by atoms with van der Waals surface area (Å²) >= 11 is 0. The van der Waals surface area contributed by atoms with Gasteiger partial charge in [0.05, 0.1) is 12.6 Å². The third-order valence-corrected chi connectivity index (χ3v) is 2.56. The van der Waals surface area contributed by atoms with Crippen LogP contribution in [-0.2, 0) is 9.53 Å². The van der Waals surface area contributed by atoms with Gasteiger partial charge in [0.1, 0.15) is 6.04 Å². The molecule has 0 saturated carbocycles. The molecule has 3 heteroatoms. The number of rotatable bonds is 3. The Balaban J connectivity index is 1.98. The lowest BCUT2D eigenvalue weighted by atomic mass is 10.1. The van der Waals surface area contributed by atoms with Crippen LogP contribution < -0.4 is 5.32 Å². The maximum Gasteiger partial charge on any atom is 0.325 e. The highest BCUT2D eigenvalue weighted by Gasteiger charge is 2.44. The van der Waals surface area contributed by atoms with Gasteiger partial charge in [-0.15, -0.1) is 0 Å². The summed E-state index contributed by atoms with van der Waals surface area (Å²) in [5, 5.41) is 3.11. The molecule has 0 radical (unpaired) electrons. The lowest BCUT2D eigenvalue weighted by molar-refractivity contribution is -0.142. The van der Waals surface area contributed by atoms with Crippen LogP contribution in [0.3, 0.4) is 0 Å². The van der Waals surface area contributed by atoms with E-state index in [2.05, 4.69) is 17.4 Å². The third kappa shape index (κ3) is 2.18. The van der Waals surface area contributed by atoms with E-state index >= 15 is 0 Å². The molecule has 1 N–H and O–H groups in total. The van der Waals surface area contributed by atoms with E-state index in [0.717, 1.165) is 5.56 Å². The van der Waals surface area contributed by atoms with E-state index in [1.54, 1.807) is 0 Å². The van der Waals surface area contributed by atoms with Crippen LogP contribution >= 0.6 is 0 Å². The predicted octanol–water partition coefficient (Wildman–Crippen LogP) is 1.57. The van der Waals surface area contributed by atoms with Crippen molar-refractivity contribution in [2.45, 2.75) is 25.9 Å². The van der Waals surface area contributed by atoms with E-state index in [1.165, 1.54) is 5.56 Å². The van der Waals surface area contributed by atoms with E-state index < -0.39 is 0 Å². The molecule has 1 aromatic rings. The fourth-order valence-electron chi connectivity index (χ4n) is 1.64. The molecular weight excluding hydrogens is 190 g/mol. The minimum absolute atomic E-state index is 0.143. The second-order valence-corrected chi connectivity index (χ2v) is 3.78. The van der Waals surface area contributed by atoms with Crippen molar-refractivity contribution in [3.05, 3.63) is 35.4 Å². The van der Waals surface area contributed by atoms with Crippen molar-refractivity contribution in [3.63, 3.8) is 0 Å². The van der Waals surface area contributed by atoms with Crippen molar-refractivity contribution in [3.8, 4) is 0 Å². The van der Waals surface area contributed by atoms with Gasteiger partial charge in [0.25, 0.3) is 0 Å². The van der Waals surface area contributed by atoms with Crippen molar-refractivity contribution in [2.75, 3.05) is 6.61 Å². The molecule has 2 rings (SSSR count). The minimum Gasteiger partial charge on any atom is -0.465 e. The van der Waals surface area contributed by atoms with Gasteiger partial charge in [0.2, 0.25) is 0 Å². The smallest absolute Gasteiger partial charge is 0.325 e. The average molecular weight is 205 g/mol. The van der Waals surface area contributed by atoms with Crippen molar-refractivity contribution in [1.82, 2.24) is 5.32 Å². The van der Waals surface area contributed by atoms with E-state index in [4.69, 9.17) is 4.74 Å². The van der Waals surface area contributed by atoms with Gasteiger partial charge >= 0.3 is 5.97 Å². The van der Waals surface area contributed by atoms with Crippen molar-refractivity contribution in [1.29, 1.82) is 0 Å². The zero-order valence-corrected chi connectivity index (χ0v) is 8.99. The Morgan fingerprint density at radius 3 is 2.67 bits per heavy atom. The van der Waals surface area contributed by atoms with Gasteiger partial charge in [0, 0.05) is 0 Å². The molecule has 2 atom stereocenters. The largest absolute Gasteiger partial charge is 0.465 e. The molecule has 1 aliphatic rings. The van der Waals surface area contributed by atoms with Crippen LogP contribution in [-0.4, -0.2) is 18.6 Å². The number of hydrogen-bond donors (Lipinski definition) is 1. The third-order valence-electron chi connectivity index (χ3n) is 2.56. The van der Waals surface area contributed by atoms with E-state index in [-0.39, 0.29) is 18.1 Å². The maximum absolute atomic E-state index is 11.4. The molecule has 1 fully saturated rings. The van der Waals surface area contributed by atoms with Gasteiger partial charge in [0.15, 0.2) is 0 Å². The first-order valence-electron chi connectivity index (χ1n) is 5.21. The first-order valence-corrected chi connectivity index (χ1v) is 5.21. The Kier molecular flexibility index (Phi) is 2.73. The molecule has 0 amide bonds. The number of aryl methyl sites for hydroxylation is 1. The standard InChI is InChI=1S/C12H15NO2/c1-3-15-12(14)11-10(13-11)9-6-4-8(2)5-7-9/h4-7,10-11,13H,3H2,1-2H3/t10-,11-/m1/s1. The van der Waals surface area contributed by atoms with Gasteiger partial charge in [-0.3, -0.25) is 10.1 Å². The fourth-order valence-corrected chi connectivity index (χ4v) is 1.64. The molecule has 1 aliphatic heterocycles. The summed E-state index contributed by atoms with van der Waals surface area (Å²) in [6, 6.07) is 8.20. The molecule has 0 bridgehead atoms. The number of benzene rings is 1. The van der Waals surface area contributed by atoms with E-state index in [0.29, 0.717) is 6.61 Å². The molecule has 0 aromatic heterocycles. The summed E-state index contributed by atoms with van der Waals surface area (Å²) in [6.07, 6.45) is 0. The normalized spacial score (nSPS) is 23.6. The Morgan fingerprint density at radius 2 is 2.07 bits per heavy atom. The van der Waals surface area contributed by atoms with Gasteiger partial charge in [-0.1, -0.05) is 29.8 Å². The van der Waals surface area contributed by atoms with Crippen LogP contribution in [0.2, 0.25) is 0 Å². The monoisotopic (exact) mass is 205 g/mol. The Bertz CT molecular complexity index is 358. The maximum atomic E-state index is 11.4. The average Bonchev–Trinajstić information content (AvgIpc) is 2.99. The van der Waals surface area contributed by atoms with Crippen LogP contribution in [0.4, 0.5) is 0 Å². The molecule has 15 heavy (non-hydrogen) atoms. The summed E-state index contributed by atoms with van der Waals surface area (Å²) < 4.78 is 4.94. The summed E-state index contributed by atoms with van der Waals surface area (Å²) in [4.78, 5) is 11.4. The highest BCUT2D eigenvalue weighted by molar-refractivity contribution is 5.80. The van der Waals surface area contributed by atoms with Gasteiger partial charge in [-0.25, -0.2) is 0 Å². The number of esters is 1. The molecule has 1 aromatic carbocycles. The first kappa shape index (κ1) is 10.2.